The first-order chi connectivity index (χ1) is 10.9. The highest BCUT2D eigenvalue weighted by atomic mass is 32.2. The zero-order valence-corrected chi connectivity index (χ0v) is 14.1. The molecule has 8 heteroatoms. The van der Waals surface area contributed by atoms with E-state index in [1.807, 2.05) is 0 Å². The molecule has 1 aromatic heterocycles. The van der Waals surface area contributed by atoms with Gasteiger partial charge in [-0.15, -0.1) is 0 Å². The Labute approximate surface area is 136 Å². The van der Waals surface area contributed by atoms with Crippen LogP contribution in [0.1, 0.15) is 23.2 Å². The number of nitrogens with one attached hydrogen (secondary N) is 2. The fourth-order valence-corrected chi connectivity index (χ4v) is 4.05. The lowest BCUT2D eigenvalue weighted by Gasteiger charge is -2.19. The first-order valence-electron chi connectivity index (χ1n) is 7.78. The van der Waals surface area contributed by atoms with E-state index in [2.05, 4.69) is 15.6 Å². The lowest BCUT2D eigenvalue weighted by atomic mass is 9.98. The van der Waals surface area contributed by atoms with E-state index in [-0.39, 0.29) is 17.9 Å². The number of hydrogen-bond donors (Lipinski definition) is 2. The molecule has 1 saturated carbocycles. The summed E-state index contributed by atoms with van der Waals surface area (Å²) in [5.41, 5.74) is 0.525. The van der Waals surface area contributed by atoms with Crippen molar-refractivity contribution in [3.05, 3.63) is 23.9 Å². The second-order valence-corrected chi connectivity index (χ2v) is 8.32. The van der Waals surface area contributed by atoms with Crippen LogP contribution in [-0.2, 0) is 10.0 Å². The van der Waals surface area contributed by atoms with Crippen molar-refractivity contribution in [3.63, 3.8) is 0 Å². The molecule has 7 nitrogen and oxygen atoms in total. The second-order valence-electron chi connectivity index (χ2n) is 6.34. The molecule has 1 aliphatic heterocycles. The fourth-order valence-electron chi connectivity index (χ4n) is 3.18. The summed E-state index contributed by atoms with van der Waals surface area (Å²) in [7, 11) is -1.48. The van der Waals surface area contributed by atoms with Crippen LogP contribution in [0.5, 0.6) is 0 Å². The van der Waals surface area contributed by atoms with Crippen molar-refractivity contribution in [1.29, 1.82) is 0 Å². The minimum absolute atomic E-state index is 0.129. The predicted molar refractivity (Wildman–Crippen MR) is 87.7 cm³/mol. The molecule has 126 valence electrons. The number of carbonyl (C=O) groups is 1. The highest BCUT2D eigenvalue weighted by molar-refractivity contribution is 7.88. The lowest BCUT2D eigenvalue weighted by molar-refractivity contribution is 0.0928. The molecule has 1 amide bonds. The maximum Gasteiger partial charge on any atom is 0.251 e. The third-order valence-corrected chi connectivity index (χ3v) is 5.86. The van der Waals surface area contributed by atoms with Gasteiger partial charge in [-0.25, -0.2) is 13.4 Å². The summed E-state index contributed by atoms with van der Waals surface area (Å²) in [5.74, 6) is 1.17. The molecule has 2 heterocycles. The third-order valence-electron chi connectivity index (χ3n) is 4.62. The SMILES string of the molecule is CNc1cc(C(=O)N[C@@H]2CN(S(C)(=O)=O)C[C@H]2C2CC2)ccn1. The molecular formula is C15H22N4O3S. The average Bonchev–Trinajstić information content (AvgIpc) is 3.27. The molecule has 2 aliphatic rings. The number of anilines is 1. The number of pyridine rings is 1. The minimum atomic E-state index is -3.22. The molecule has 2 atom stereocenters. The van der Waals surface area contributed by atoms with Gasteiger partial charge < -0.3 is 10.6 Å². The van der Waals surface area contributed by atoms with E-state index in [1.165, 1.54) is 10.6 Å². The monoisotopic (exact) mass is 338 g/mol. The molecule has 0 bridgehead atoms. The third kappa shape index (κ3) is 3.64. The van der Waals surface area contributed by atoms with E-state index in [0.717, 1.165) is 12.8 Å². The molecule has 2 fully saturated rings. The van der Waals surface area contributed by atoms with Gasteiger partial charge in [-0.2, -0.15) is 4.31 Å². The standard InChI is InChI=1S/C15H22N4O3S/c1-16-14-7-11(5-6-17-14)15(20)18-13-9-19(23(2,21)22)8-12(13)10-3-4-10/h5-7,10,12-13H,3-4,8-9H2,1-2H3,(H,16,17)(H,18,20)/t12-,13+/m0/s1. The van der Waals surface area contributed by atoms with Crippen LogP contribution in [-0.4, -0.2) is 56.0 Å². The number of carbonyl (C=O) groups excluding carboxylic acids is 1. The van der Waals surface area contributed by atoms with Crippen molar-refractivity contribution < 1.29 is 13.2 Å². The van der Waals surface area contributed by atoms with Crippen LogP contribution in [0.4, 0.5) is 5.82 Å². The quantitative estimate of drug-likeness (QED) is 0.817. The van der Waals surface area contributed by atoms with Crippen LogP contribution in [0.25, 0.3) is 0 Å². The van der Waals surface area contributed by atoms with E-state index in [1.54, 1.807) is 25.4 Å². The highest BCUT2D eigenvalue weighted by Gasteiger charge is 2.45. The van der Waals surface area contributed by atoms with Crippen LogP contribution in [0.3, 0.4) is 0 Å². The number of nitrogens with zero attached hydrogens (tertiary/aromatic N) is 2. The Hall–Kier alpha value is -1.67. The zero-order valence-electron chi connectivity index (χ0n) is 13.3. The van der Waals surface area contributed by atoms with Crippen LogP contribution >= 0.6 is 0 Å². The van der Waals surface area contributed by atoms with Crippen LogP contribution < -0.4 is 10.6 Å². The van der Waals surface area contributed by atoms with Crippen molar-refractivity contribution in [2.45, 2.75) is 18.9 Å². The summed E-state index contributed by atoms with van der Waals surface area (Å²) in [5, 5.41) is 5.92. The van der Waals surface area contributed by atoms with E-state index in [0.29, 0.717) is 30.4 Å². The largest absolute Gasteiger partial charge is 0.373 e. The van der Waals surface area contributed by atoms with Crippen molar-refractivity contribution in [2.24, 2.45) is 11.8 Å². The van der Waals surface area contributed by atoms with Crippen molar-refractivity contribution in [1.82, 2.24) is 14.6 Å². The number of rotatable bonds is 5. The van der Waals surface area contributed by atoms with Crippen molar-refractivity contribution >= 4 is 21.7 Å². The average molecular weight is 338 g/mol. The number of sulfonamides is 1. The second kappa shape index (κ2) is 6.09. The molecule has 3 rings (SSSR count). The van der Waals surface area contributed by atoms with Gasteiger partial charge in [0, 0.05) is 37.9 Å². The Balaban J connectivity index is 1.73. The van der Waals surface area contributed by atoms with Gasteiger partial charge in [-0.3, -0.25) is 4.79 Å². The fraction of sp³-hybridized carbons (Fsp3) is 0.600. The van der Waals surface area contributed by atoms with Gasteiger partial charge in [0.05, 0.1) is 6.26 Å². The summed E-state index contributed by atoms with van der Waals surface area (Å²) in [6.07, 6.45) is 5.04. The Kier molecular flexibility index (Phi) is 4.29. The van der Waals surface area contributed by atoms with Gasteiger partial charge in [0.15, 0.2) is 0 Å². The molecule has 0 radical (unpaired) electrons. The topological polar surface area (TPSA) is 91.4 Å². The summed E-state index contributed by atoms with van der Waals surface area (Å²) in [6.45, 7) is 0.863. The normalized spacial score (nSPS) is 25.3. The molecule has 0 unspecified atom stereocenters. The van der Waals surface area contributed by atoms with Gasteiger partial charge >= 0.3 is 0 Å². The number of aromatic nitrogens is 1. The van der Waals surface area contributed by atoms with Crippen molar-refractivity contribution in [3.8, 4) is 0 Å². The molecule has 0 spiro atoms. The summed E-state index contributed by atoms with van der Waals surface area (Å²) >= 11 is 0. The first kappa shape index (κ1) is 16.2. The number of amides is 1. The molecular weight excluding hydrogens is 316 g/mol. The maximum atomic E-state index is 12.5. The van der Waals surface area contributed by atoms with Gasteiger partial charge in [0.2, 0.25) is 10.0 Å². The van der Waals surface area contributed by atoms with Crippen LogP contribution in [0.2, 0.25) is 0 Å². The summed E-state index contributed by atoms with van der Waals surface area (Å²) in [6, 6.07) is 3.21. The molecule has 0 aromatic carbocycles. The Morgan fingerprint density at radius 3 is 2.70 bits per heavy atom. The van der Waals surface area contributed by atoms with E-state index in [4.69, 9.17) is 0 Å². The molecule has 1 saturated heterocycles. The Morgan fingerprint density at radius 2 is 2.09 bits per heavy atom. The van der Waals surface area contributed by atoms with E-state index < -0.39 is 10.0 Å². The Bertz CT molecular complexity index is 702. The van der Waals surface area contributed by atoms with Crippen LogP contribution in [0.15, 0.2) is 18.3 Å². The first-order valence-corrected chi connectivity index (χ1v) is 9.63. The molecule has 2 N–H and O–H groups in total. The number of hydrogen-bond acceptors (Lipinski definition) is 5. The zero-order chi connectivity index (χ0) is 16.6. The van der Waals surface area contributed by atoms with Gasteiger partial charge in [0.25, 0.3) is 5.91 Å². The van der Waals surface area contributed by atoms with Gasteiger partial charge in [0.1, 0.15) is 5.82 Å². The van der Waals surface area contributed by atoms with E-state index >= 15 is 0 Å². The molecule has 1 aromatic rings. The highest BCUT2D eigenvalue weighted by Crippen LogP contribution is 2.42. The predicted octanol–water partition coefficient (Wildman–Crippen LogP) is 0.523. The van der Waals surface area contributed by atoms with Crippen LogP contribution in [0, 0.1) is 11.8 Å². The maximum absolute atomic E-state index is 12.5. The lowest BCUT2D eigenvalue weighted by Crippen LogP contribution is -2.41. The minimum Gasteiger partial charge on any atom is -0.373 e. The molecule has 1 aliphatic carbocycles. The summed E-state index contributed by atoms with van der Waals surface area (Å²) in [4.78, 5) is 16.6. The smallest absolute Gasteiger partial charge is 0.251 e. The van der Waals surface area contributed by atoms with Gasteiger partial charge in [-0.1, -0.05) is 0 Å². The van der Waals surface area contributed by atoms with Crippen molar-refractivity contribution in [2.75, 3.05) is 31.7 Å². The Morgan fingerprint density at radius 1 is 1.35 bits per heavy atom. The molecule has 23 heavy (non-hydrogen) atoms. The summed E-state index contributed by atoms with van der Waals surface area (Å²) < 4.78 is 25.1. The van der Waals surface area contributed by atoms with E-state index in [9.17, 15) is 13.2 Å². The van der Waals surface area contributed by atoms with Gasteiger partial charge in [-0.05, 0) is 36.8 Å².